The monoisotopic (exact) mass is 376 g/mol. The van der Waals surface area contributed by atoms with Crippen molar-refractivity contribution >= 4 is 11.9 Å². The van der Waals surface area contributed by atoms with Crippen LogP contribution in [0.2, 0.25) is 0 Å². The molecule has 0 aromatic heterocycles. The Morgan fingerprint density at radius 2 is 1.74 bits per heavy atom. The van der Waals surface area contributed by atoms with Gasteiger partial charge >= 0.3 is 6.03 Å². The first-order chi connectivity index (χ1) is 12.9. The third-order valence-corrected chi connectivity index (χ3v) is 4.78. The molecule has 1 saturated heterocycles. The normalized spacial score (nSPS) is 19.5. The molecule has 0 bridgehead atoms. The summed E-state index contributed by atoms with van der Waals surface area (Å²) >= 11 is 0. The van der Waals surface area contributed by atoms with Crippen LogP contribution < -0.4 is 5.32 Å². The van der Waals surface area contributed by atoms with Gasteiger partial charge in [-0.05, 0) is 30.2 Å². The fraction of sp³-hybridized carbons (Fsp3) is 0.300. The summed E-state index contributed by atoms with van der Waals surface area (Å²) in [7, 11) is 0. The van der Waals surface area contributed by atoms with Gasteiger partial charge in [-0.2, -0.15) is 0 Å². The van der Waals surface area contributed by atoms with Crippen LogP contribution in [0.4, 0.5) is 18.0 Å². The smallest absolute Gasteiger partial charge is 0.319 e. The molecular weight excluding hydrogens is 357 g/mol. The van der Waals surface area contributed by atoms with E-state index in [-0.39, 0.29) is 12.1 Å². The molecule has 7 heteroatoms. The third-order valence-electron chi connectivity index (χ3n) is 4.78. The number of unbranched alkanes of at least 4 members (excludes halogenated alkanes) is 1. The van der Waals surface area contributed by atoms with Crippen molar-refractivity contribution in [2.24, 2.45) is 0 Å². The van der Waals surface area contributed by atoms with E-state index in [2.05, 4.69) is 5.32 Å². The molecular formula is C20H19F3N2O2. The summed E-state index contributed by atoms with van der Waals surface area (Å²) < 4.78 is 40.8. The number of nitrogens with zero attached hydrogens (tertiary/aromatic N) is 1. The molecule has 4 nitrogen and oxygen atoms in total. The number of amides is 3. The van der Waals surface area contributed by atoms with Gasteiger partial charge in [-0.25, -0.2) is 18.0 Å². The summed E-state index contributed by atoms with van der Waals surface area (Å²) in [5, 5.41) is 2.69. The van der Waals surface area contributed by atoms with Gasteiger partial charge in [0.1, 0.15) is 11.4 Å². The fourth-order valence-electron chi connectivity index (χ4n) is 3.30. The highest BCUT2D eigenvalue weighted by atomic mass is 19.2. The minimum absolute atomic E-state index is 0.0936. The maximum absolute atomic E-state index is 14.0. The second-order valence-electron chi connectivity index (χ2n) is 6.55. The van der Waals surface area contributed by atoms with Crippen LogP contribution in [-0.2, 0) is 16.9 Å². The molecule has 3 rings (SSSR count). The molecule has 27 heavy (non-hydrogen) atoms. The zero-order valence-corrected chi connectivity index (χ0v) is 14.8. The zero-order valence-electron chi connectivity index (χ0n) is 14.8. The van der Waals surface area contributed by atoms with Gasteiger partial charge in [-0.15, -0.1) is 0 Å². The molecule has 2 aromatic carbocycles. The maximum Gasteiger partial charge on any atom is 0.325 e. The number of rotatable bonds is 6. The van der Waals surface area contributed by atoms with Crippen LogP contribution in [0.1, 0.15) is 37.3 Å². The van der Waals surface area contributed by atoms with Gasteiger partial charge in [0.15, 0.2) is 11.6 Å². The lowest BCUT2D eigenvalue weighted by molar-refractivity contribution is -0.132. The summed E-state index contributed by atoms with van der Waals surface area (Å²) in [6, 6.07) is 8.26. The number of hydrogen-bond donors (Lipinski definition) is 1. The Balaban J connectivity index is 1.97. The molecule has 1 heterocycles. The number of imide groups is 1. The van der Waals surface area contributed by atoms with E-state index >= 15 is 0 Å². The van der Waals surface area contributed by atoms with Crippen molar-refractivity contribution in [3.8, 4) is 0 Å². The molecule has 142 valence electrons. The van der Waals surface area contributed by atoms with Gasteiger partial charge in [0.25, 0.3) is 5.91 Å². The molecule has 0 saturated carbocycles. The van der Waals surface area contributed by atoms with Crippen molar-refractivity contribution in [2.75, 3.05) is 0 Å². The second-order valence-corrected chi connectivity index (χ2v) is 6.55. The highest BCUT2D eigenvalue weighted by Gasteiger charge is 2.51. The van der Waals surface area contributed by atoms with E-state index in [0.29, 0.717) is 18.4 Å². The lowest BCUT2D eigenvalue weighted by atomic mass is 9.84. The summed E-state index contributed by atoms with van der Waals surface area (Å²) in [5.74, 6) is -3.16. The van der Waals surface area contributed by atoms with E-state index in [1.54, 1.807) is 0 Å². The molecule has 1 N–H and O–H groups in total. The van der Waals surface area contributed by atoms with E-state index in [1.165, 1.54) is 36.4 Å². The summed E-state index contributed by atoms with van der Waals surface area (Å²) in [6.45, 7) is 1.56. The predicted molar refractivity (Wildman–Crippen MR) is 93.0 cm³/mol. The van der Waals surface area contributed by atoms with Gasteiger partial charge in [0, 0.05) is 5.56 Å². The van der Waals surface area contributed by atoms with Crippen molar-refractivity contribution < 1.29 is 22.8 Å². The predicted octanol–water partition coefficient (Wildman–Crippen LogP) is 4.24. The molecule has 1 aliphatic rings. The molecule has 1 unspecified atom stereocenters. The molecule has 2 aromatic rings. The van der Waals surface area contributed by atoms with Crippen molar-refractivity contribution in [3.05, 3.63) is 71.0 Å². The third kappa shape index (κ3) is 3.41. The zero-order chi connectivity index (χ0) is 19.6. The van der Waals surface area contributed by atoms with Crippen LogP contribution in [0.25, 0.3) is 0 Å². The lowest BCUT2D eigenvalue weighted by Crippen LogP contribution is -2.44. The minimum Gasteiger partial charge on any atom is -0.319 e. The number of halogens is 3. The van der Waals surface area contributed by atoms with Gasteiger partial charge in [-0.1, -0.05) is 44.0 Å². The Bertz CT molecular complexity index is 870. The van der Waals surface area contributed by atoms with Crippen molar-refractivity contribution in [2.45, 2.75) is 38.3 Å². The summed E-state index contributed by atoms with van der Waals surface area (Å²) in [5.41, 5.74) is -0.980. The quantitative estimate of drug-likeness (QED) is 0.767. The molecule has 0 radical (unpaired) electrons. The van der Waals surface area contributed by atoms with Crippen LogP contribution in [0.3, 0.4) is 0 Å². The minimum atomic E-state index is -1.34. The Morgan fingerprint density at radius 3 is 2.41 bits per heavy atom. The highest BCUT2D eigenvalue weighted by molar-refractivity contribution is 6.07. The van der Waals surface area contributed by atoms with Crippen LogP contribution in [-0.4, -0.2) is 16.8 Å². The molecule has 1 fully saturated rings. The highest BCUT2D eigenvalue weighted by Crippen LogP contribution is 2.35. The van der Waals surface area contributed by atoms with Crippen LogP contribution in [0, 0.1) is 17.5 Å². The first kappa shape index (κ1) is 18.9. The Labute approximate surface area is 155 Å². The largest absolute Gasteiger partial charge is 0.325 e. The van der Waals surface area contributed by atoms with Crippen LogP contribution in [0.15, 0.2) is 42.5 Å². The Morgan fingerprint density at radius 1 is 1.04 bits per heavy atom. The second kappa shape index (κ2) is 7.42. The van der Waals surface area contributed by atoms with E-state index in [4.69, 9.17) is 0 Å². The van der Waals surface area contributed by atoms with Gasteiger partial charge in [0.2, 0.25) is 0 Å². The number of benzene rings is 2. The topological polar surface area (TPSA) is 49.4 Å². The molecule has 3 amide bonds. The van der Waals surface area contributed by atoms with E-state index in [0.717, 1.165) is 17.4 Å². The Hall–Kier alpha value is -2.83. The molecule has 0 spiro atoms. The number of nitrogens with one attached hydrogen (secondary N) is 1. The number of carbonyl (C=O) groups excluding carboxylic acids is 2. The average Bonchev–Trinajstić information content (AvgIpc) is 2.89. The average molecular weight is 376 g/mol. The lowest BCUT2D eigenvalue weighted by Gasteiger charge is -2.27. The van der Waals surface area contributed by atoms with E-state index < -0.39 is 34.9 Å². The van der Waals surface area contributed by atoms with Gasteiger partial charge in [0.05, 0.1) is 6.54 Å². The first-order valence-corrected chi connectivity index (χ1v) is 8.72. The van der Waals surface area contributed by atoms with Gasteiger partial charge < -0.3 is 5.32 Å². The van der Waals surface area contributed by atoms with Crippen LogP contribution >= 0.6 is 0 Å². The Kier molecular flexibility index (Phi) is 5.21. The number of hydrogen-bond acceptors (Lipinski definition) is 2. The summed E-state index contributed by atoms with van der Waals surface area (Å²) in [4.78, 5) is 26.5. The van der Waals surface area contributed by atoms with Crippen molar-refractivity contribution in [1.29, 1.82) is 0 Å². The molecule has 1 atom stereocenters. The molecule has 1 aliphatic heterocycles. The van der Waals surface area contributed by atoms with E-state index in [9.17, 15) is 22.8 Å². The number of urea groups is 1. The first-order valence-electron chi connectivity index (χ1n) is 8.72. The maximum atomic E-state index is 14.0. The van der Waals surface area contributed by atoms with Crippen molar-refractivity contribution in [1.82, 2.24) is 10.2 Å². The molecule has 0 aliphatic carbocycles. The standard InChI is InChI=1S/C20H19F3N2O2/c1-2-3-11-20(14-7-9-15(21)10-8-14)18(26)25(19(27)24-20)12-13-5-4-6-16(22)17(13)23/h4-10H,2-3,11-12H2,1H3,(H,24,27). The van der Waals surface area contributed by atoms with E-state index in [1.807, 2.05) is 6.92 Å². The van der Waals surface area contributed by atoms with Gasteiger partial charge in [-0.3, -0.25) is 9.69 Å². The van der Waals surface area contributed by atoms with Crippen molar-refractivity contribution in [3.63, 3.8) is 0 Å². The number of carbonyl (C=O) groups is 2. The SMILES string of the molecule is CCCCC1(c2ccc(F)cc2)NC(=O)N(Cc2cccc(F)c2F)C1=O. The summed E-state index contributed by atoms with van der Waals surface area (Å²) in [6.07, 6.45) is 1.75. The fourth-order valence-corrected chi connectivity index (χ4v) is 3.30. The van der Waals surface area contributed by atoms with Crippen LogP contribution in [0.5, 0.6) is 0 Å².